The average molecular weight is 1130 g/mol. The van der Waals surface area contributed by atoms with E-state index in [-0.39, 0.29) is 30.9 Å². The second-order valence-corrected chi connectivity index (χ2v) is 17.6. The van der Waals surface area contributed by atoms with Crippen LogP contribution in [0.3, 0.4) is 0 Å². The molecule has 0 bridgehead atoms. The number of alkyl halides is 3. The van der Waals surface area contributed by atoms with Crippen LogP contribution in [0.2, 0.25) is 0 Å². The van der Waals surface area contributed by atoms with E-state index >= 15 is 0 Å². The summed E-state index contributed by atoms with van der Waals surface area (Å²) in [7, 11) is 0. The van der Waals surface area contributed by atoms with Crippen LogP contribution in [0.25, 0.3) is 50.0 Å². The van der Waals surface area contributed by atoms with Gasteiger partial charge in [0.15, 0.2) is 0 Å². The monoisotopic (exact) mass is 1130 g/mol. The summed E-state index contributed by atoms with van der Waals surface area (Å²) in [6.07, 6.45) is 6.13. The van der Waals surface area contributed by atoms with Crippen molar-refractivity contribution in [2.45, 2.75) is 45.2 Å². The van der Waals surface area contributed by atoms with Crippen LogP contribution in [-0.4, -0.2) is 43.1 Å². The zero-order valence-electron chi connectivity index (χ0n) is 39.1. The Morgan fingerprint density at radius 2 is 1.34 bits per heavy atom. The van der Waals surface area contributed by atoms with Gasteiger partial charge in [-0.3, -0.25) is 24.5 Å². The third-order valence-electron chi connectivity index (χ3n) is 10.5. The number of carbonyl (C=O) groups is 2. The molecule has 74 heavy (non-hydrogen) atoms. The molecular formula is C55H41F3N8O4RuS3. The minimum atomic E-state index is -4.54. The van der Waals surface area contributed by atoms with E-state index in [9.17, 15) is 22.8 Å². The molecule has 0 unspecified atom stereocenters. The van der Waals surface area contributed by atoms with Crippen LogP contribution in [0.5, 0.6) is 11.5 Å². The summed E-state index contributed by atoms with van der Waals surface area (Å²) in [4.78, 5) is 43.6. The van der Waals surface area contributed by atoms with Crippen LogP contribution in [0.4, 0.5) is 29.5 Å². The van der Waals surface area contributed by atoms with Gasteiger partial charge in [0.25, 0.3) is 12.9 Å². The normalized spacial score (nSPS) is 10.4. The molecule has 0 amide bonds. The molecule has 0 saturated heterocycles. The van der Waals surface area contributed by atoms with E-state index in [2.05, 4.69) is 77.5 Å². The number of thiocarbonyl (C=S) groups is 1. The fourth-order valence-corrected chi connectivity index (χ4v) is 9.02. The number of anilines is 3. The van der Waals surface area contributed by atoms with Gasteiger partial charge in [-0.1, -0.05) is 92.3 Å². The van der Waals surface area contributed by atoms with E-state index in [0.29, 0.717) is 47.2 Å². The molecule has 7 heterocycles. The Hall–Kier alpha value is -7.84. The third-order valence-corrected chi connectivity index (χ3v) is 12.5. The van der Waals surface area contributed by atoms with E-state index in [1.54, 1.807) is 65.4 Å². The van der Waals surface area contributed by atoms with Crippen LogP contribution in [-0.2, 0) is 41.7 Å². The van der Waals surface area contributed by atoms with Gasteiger partial charge in [0.1, 0.15) is 22.2 Å². The average Bonchev–Trinajstić information content (AvgIpc) is 4.22. The Labute approximate surface area is 451 Å². The molecule has 9 aromatic rings. The van der Waals surface area contributed by atoms with Crippen molar-refractivity contribution < 1.29 is 51.7 Å². The van der Waals surface area contributed by atoms with Crippen molar-refractivity contribution in [2.75, 3.05) is 4.90 Å². The maximum atomic E-state index is 12.9. The van der Waals surface area contributed by atoms with Crippen molar-refractivity contribution in [3.05, 3.63) is 185 Å². The summed E-state index contributed by atoms with van der Waals surface area (Å²) in [6, 6.07) is 40.8. The van der Waals surface area contributed by atoms with Gasteiger partial charge in [-0.05, 0) is 108 Å². The molecule has 9 rings (SSSR count). The van der Waals surface area contributed by atoms with Crippen molar-refractivity contribution in [1.82, 2.24) is 30.1 Å². The predicted molar refractivity (Wildman–Crippen MR) is 282 cm³/mol. The standard InChI is InChI=1S/C29H25N3O4S.C25H16F3N4S.CNS.Ru/c1-2-3-4-5-6-22-11-14-37-29(22)8-7-21-9-12-30-25(15-21)27-17-24(36-20-34)18-28(32-27)26-16-23(35-19-33)10-13-31-26;26-25(27,28)23-16-21(30-31-23)20-15-17(13-14-29-20)22-11-12-24(33-22)32(18-7-3-1-4-8-18)19-9-5-2-6-10-19;2-1-3;/h9-20H,2-6H2,1H3;1-16H;;/q;2*-1;+2. The molecule has 12 nitrogen and oxygen atoms in total. The van der Waals surface area contributed by atoms with Crippen LogP contribution < -0.4 is 19.5 Å². The molecule has 0 N–H and O–H groups in total. The number of isothiocyanates is 1. The fraction of sp³-hybridized carbons (Fsp3) is 0.127. The summed E-state index contributed by atoms with van der Waals surface area (Å²) in [5.74, 6) is 7.16. The molecule has 0 aliphatic rings. The Morgan fingerprint density at radius 1 is 0.716 bits per heavy atom. The first kappa shape index (κ1) is 55.5. The first-order chi connectivity index (χ1) is 35.6. The number of ether oxygens (including phenoxy) is 2. The van der Waals surface area contributed by atoms with Crippen molar-refractivity contribution >= 4 is 69.4 Å². The number of halogens is 3. The van der Waals surface area contributed by atoms with Gasteiger partial charge < -0.3 is 30.0 Å². The maximum absolute atomic E-state index is 12.9. The van der Waals surface area contributed by atoms with Crippen molar-refractivity contribution in [2.24, 2.45) is 0 Å². The SMILES string of the molecule is CCCCCCc1ccsc1C#Cc1ccnc(-c2cc(OC=O)cc(-c3cc(OC=O)ccn3)n2)c1.FC(F)(F)c1cc(-c2cc(-c3ccc(N(c4ccccc4)c4ccccc4)s3)ccn2)[n-]n1.[N-]=C=S.[Ru+2]. The molecule has 0 saturated carbocycles. The number of hydrogen-bond donors (Lipinski definition) is 0. The molecule has 0 fully saturated rings. The Kier molecular flexibility index (Phi) is 20.9. The van der Waals surface area contributed by atoms with Gasteiger partial charge in [-0.15, -0.1) is 22.7 Å². The molecule has 2 aromatic carbocycles. The van der Waals surface area contributed by atoms with Crippen LogP contribution >= 0.6 is 34.9 Å². The fourth-order valence-electron chi connectivity index (χ4n) is 7.18. The number of unbranched alkanes of at least 4 members (excludes halogenated alkanes) is 3. The zero-order valence-corrected chi connectivity index (χ0v) is 43.3. The summed E-state index contributed by atoms with van der Waals surface area (Å²) < 4.78 is 48.7. The minimum absolute atomic E-state index is 0. The molecule has 7 aromatic heterocycles. The van der Waals surface area contributed by atoms with Crippen molar-refractivity contribution in [3.8, 4) is 67.9 Å². The molecule has 0 spiro atoms. The van der Waals surface area contributed by atoms with E-state index in [4.69, 9.17) is 14.9 Å². The van der Waals surface area contributed by atoms with Crippen molar-refractivity contribution in [3.63, 3.8) is 0 Å². The van der Waals surface area contributed by atoms with Gasteiger partial charge in [0.05, 0.1) is 33.3 Å². The predicted octanol–water partition coefficient (Wildman–Crippen LogP) is 13.8. The Balaban J connectivity index is 0.000000227. The number of pyridine rings is 4. The van der Waals surface area contributed by atoms with E-state index in [1.807, 2.05) is 91.0 Å². The first-order valence-corrected chi connectivity index (χ1v) is 24.5. The number of aromatic nitrogens is 6. The van der Waals surface area contributed by atoms with Crippen LogP contribution in [0.15, 0.2) is 157 Å². The van der Waals surface area contributed by atoms with Crippen LogP contribution in [0.1, 0.15) is 54.3 Å². The van der Waals surface area contributed by atoms with Crippen LogP contribution in [0, 0.1) is 11.8 Å². The Bertz CT molecular complexity index is 3320. The number of carbonyl (C=O) groups excluding carboxylic acids is 2. The Morgan fingerprint density at radius 3 is 1.99 bits per heavy atom. The molecule has 0 aliphatic heterocycles. The number of nitrogens with zero attached hydrogens (tertiary/aromatic N) is 8. The van der Waals surface area contributed by atoms with Crippen molar-refractivity contribution in [1.29, 1.82) is 0 Å². The molecule has 0 atom stereocenters. The topological polar surface area (TPSA) is 157 Å². The number of benzene rings is 2. The van der Waals surface area contributed by atoms with Gasteiger partial charge in [-0.2, -0.15) is 18.3 Å². The molecule has 0 aliphatic carbocycles. The summed E-state index contributed by atoms with van der Waals surface area (Å²) >= 11 is 6.93. The second-order valence-electron chi connectivity index (χ2n) is 15.4. The zero-order chi connectivity index (χ0) is 51.4. The van der Waals surface area contributed by atoms with Gasteiger partial charge in [0, 0.05) is 58.6 Å². The minimum Gasteiger partial charge on any atom is -0.753 e. The quantitative estimate of drug-likeness (QED) is 0.0226. The van der Waals surface area contributed by atoms with E-state index in [1.165, 1.54) is 42.6 Å². The number of aryl methyl sites for hydroxylation is 1. The summed E-state index contributed by atoms with van der Waals surface area (Å²) in [6.45, 7) is 2.90. The van der Waals surface area contributed by atoms with E-state index < -0.39 is 11.9 Å². The smallest absolute Gasteiger partial charge is 0.753 e. The van der Waals surface area contributed by atoms with Gasteiger partial charge in [0.2, 0.25) is 0 Å². The maximum Gasteiger partial charge on any atom is 2.00 e. The first-order valence-electron chi connectivity index (χ1n) is 22.4. The van der Waals surface area contributed by atoms with Gasteiger partial charge in [-0.25, -0.2) is 4.98 Å². The number of para-hydroxylation sites is 2. The largest absolute Gasteiger partial charge is 2.00 e. The number of hydrogen-bond acceptors (Lipinski definition) is 13. The number of thiophene rings is 2. The summed E-state index contributed by atoms with van der Waals surface area (Å²) in [5, 5.41) is 18.5. The van der Waals surface area contributed by atoms with E-state index in [0.717, 1.165) is 49.7 Å². The van der Waals surface area contributed by atoms with Gasteiger partial charge >= 0.3 is 25.7 Å². The molecule has 19 heteroatoms. The molecular weight excluding hydrogens is 1090 g/mol. The molecule has 0 radical (unpaired) electrons. The third kappa shape index (κ3) is 15.3. The second kappa shape index (κ2) is 27.8. The summed E-state index contributed by atoms with van der Waals surface area (Å²) in [5.41, 5.74) is 6.31. The molecule has 372 valence electrons. The number of rotatable bonds is 16.